The summed E-state index contributed by atoms with van der Waals surface area (Å²) in [6.45, 7) is 9.90. The van der Waals surface area contributed by atoms with E-state index in [1.54, 1.807) is 0 Å². The summed E-state index contributed by atoms with van der Waals surface area (Å²) < 4.78 is 2.43. The fourth-order valence-corrected chi connectivity index (χ4v) is 3.25. The van der Waals surface area contributed by atoms with Crippen molar-refractivity contribution in [3.05, 3.63) is 36.0 Å². The van der Waals surface area contributed by atoms with E-state index >= 15 is 0 Å². The van der Waals surface area contributed by atoms with Gasteiger partial charge in [-0.05, 0) is 42.0 Å². The van der Waals surface area contributed by atoms with Gasteiger partial charge in [0.1, 0.15) is 0 Å². The lowest BCUT2D eigenvalue weighted by Gasteiger charge is -2.06. The Labute approximate surface area is 133 Å². The van der Waals surface area contributed by atoms with Crippen molar-refractivity contribution in [3.63, 3.8) is 0 Å². The SMILES string of the molecule is CCSCCCn1cc(CNCC(C)C)c2ccccc21. The number of thioether (sulfide) groups is 1. The lowest BCUT2D eigenvalue weighted by molar-refractivity contribution is 0.552. The highest BCUT2D eigenvalue weighted by atomic mass is 32.2. The van der Waals surface area contributed by atoms with Crippen molar-refractivity contribution in [2.24, 2.45) is 5.92 Å². The summed E-state index contributed by atoms with van der Waals surface area (Å²) in [5.74, 6) is 3.17. The number of aromatic nitrogens is 1. The molecule has 0 saturated carbocycles. The Hall–Kier alpha value is -0.930. The zero-order valence-electron chi connectivity index (χ0n) is 13.6. The summed E-state index contributed by atoms with van der Waals surface area (Å²) in [5.41, 5.74) is 2.80. The van der Waals surface area contributed by atoms with E-state index in [-0.39, 0.29) is 0 Å². The maximum Gasteiger partial charge on any atom is 0.0483 e. The van der Waals surface area contributed by atoms with Crippen LogP contribution < -0.4 is 5.32 Å². The van der Waals surface area contributed by atoms with Crippen molar-refractivity contribution in [1.29, 1.82) is 0 Å². The summed E-state index contributed by atoms with van der Waals surface area (Å²) in [6.07, 6.45) is 3.59. The Bertz CT molecular complexity index is 545. The maximum absolute atomic E-state index is 3.57. The van der Waals surface area contributed by atoms with Gasteiger partial charge >= 0.3 is 0 Å². The van der Waals surface area contributed by atoms with E-state index in [1.165, 1.54) is 34.4 Å². The van der Waals surface area contributed by atoms with Gasteiger partial charge < -0.3 is 9.88 Å². The molecule has 0 atom stereocenters. The van der Waals surface area contributed by atoms with E-state index in [1.807, 2.05) is 11.8 Å². The second-order valence-electron chi connectivity index (χ2n) is 5.94. The molecule has 2 nitrogen and oxygen atoms in total. The smallest absolute Gasteiger partial charge is 0.0483 e. The van der Waals surface area contributed by atoms with Gasteiger partial charge in [-0.2, -0.15) is 11.8 Å². The monoisotopic (exact) mass is 304 g/mol. The molecule has 1 aromatic carbocycles. The molecule has 2 aromatic rings. The van der Waals surface area contributed by atoms with E-state index in [0.717, 1.165) is 19.6 Å². The molecule has 1 heterocycles. The highest BCUT2D eigenvalue weighted by Crippen LogP contribution is 2.22. The second kappa shape index (κ2) is 8.50. The normalized spacial score (nSPS) is 11.6. The number of para-hydroxylation sites is 1. The molecule has 0 aliphatic heterocycles. The molecule has 1 aromatic heterocycles. The van der Waals surface area contributed by atoms with E-state index in [2.05, 4.69) is 61.1 Å². The predicted molar refractivity (Wildman–Crippen MR) is 96.1 cm³/mol. The molecule has 0 aliphatic carbocycles. The summed E-state index contributed by atoms with van der Waals surface area (Å²) in [4.78, 5) is 0. The number of nitrogens with zero attached hydrogens (tertiary/aromatic N) is 1. The molecule has 2 rings (SSSR count). The van der Waals surface area contributed by atoms with E-state index < -0.39 is 0 Å². The number of hydrogen-bond acceptors (Lipinski definition) is 2. The van der Waals surface area contributed by atoms with E-state index in [0.29, 0.717) is 5.92 Å². The molecule has 0 spiro atoms. The topological polar surface area (TPSA) is 17.0 Å². The van der Waals surface area contributed by atoms with Crippen LogP contribution in [0.15, 0.2) is 30.5 Å². The van der Waals surface area contributed by atoms with Gasteiger partial charge in [-0.1, -0.05) is 39.0 Å². The molecular weight excluding hydrogens is 276 g/mol. The van der Waals surface area contributed by atoms with Crippen molar-refractivity contribution >= 4 is 22.7 Å². The molecule has 0 fully saturated rings. The second-order valence-corrected chi connectivity index (χ2v) is 7.33. The zero-order valence-corrected chi connectivity index (χ0v) is 14.4. The standard InChI is InChI=1S/C18H28N2S/c1-4-21-11-7-10-20-14-16(13-19-12-15(2)3)17-8-5-6-9-18(17)20/h5-6,8-9,14-15,19H,4,7,10-13H2,1-3H3. The number of hydrogen-bond donors (Lipinski definition) is 1. The van der Waals surface area contributed by atoms with Crippen LogP contribution in [0.25, 0.3) is 10.9 Å². The molecule has 0 aliphatic rings. The van der Waals surface area contributed by atoms with E-state index in [9.17, 15) is 0 Å². The van der Waals surface area contributed by atoms with Gasteiger partial charge in [0.05, 0.1) is 0 Å². The van der Waals surface area contributed by atoms with Crippen LogP contribution in [0, 0.1) is 5.92 Å². The summed E-state index contributed by atoms with van der Waals surface area (Å²) >= 11 is 2.03. The van der Waals surface area contributed by atoms with Crippen LogP contribution in [0.4, 0.5) is 0 Å². The minimum absolute atomic E-state index is 0.699. The Kier molecular flexibility index (Phi) is 6.65. The highest BCUT2D eigenvalue weighted by Gasteiger charge is 2.07. The molecule has 0 radical (unpaired) electrons. The molecule has 1 N–H and O–H groups in total. The van der Waals surface area contributed by atoms with Gasteiger partial charge in [0.2, 0.25) is 0 Å². The largest absolute Gasteiger partial charge is 0.347 e. The molecule has 0 bridgehead atoms. The van der Waals surface area contributed by atoms with Gasteiger partial charge in [0.15, 0.2) is 0 Å². The average Bonchev–Trinajstić information content (AvgIpc) is 2.82. The minimum Gasteiger partial charge on any atom is -0.347 e. The molecule has 0 saturated heterocycles. The number of aryl methyl sites for hydroxylation is 1. The summed E-state index contributed by atoms with van der Waals surface area (Å²) in [5, 5.41) is 4.97. The number of fused-ring (bicyclic) bond motifs is 1. The molecule has 116 valence electrons. The lowest BCUT2D eigenvalue weighted by atomic mass is 10.1. The number of rotatable bonds is 9. The van der Waals surface area contributed by atoms with E-state index in [4.69, 9.17) is 0 Å². The van der Waals surface area contributed by atoms with Crippen LogP contribution in [0.2, 0.25) is 0 Å². The Morgan fingerprint density at radius 3 is 2.81 bits per heavy atom. The first-order valence-electron chi connectivity index (χ1n) is 8.07. The van der Waals surface area contributed by atoms with Crippen molar-refractivity contribution in [2.75, 3.05) is 18.1 Å². The summed E-state index contributed by atoms with van der Waals surface area (Å²) in [6, 6.07) is 8.78. The molecule has 0 amide bonds. The molecule has 21 heavy (non-hydrogen) atoms. The maximum atomic E-state index is 3.57. The third-order valence-corrected chi connectivity index (χ3v) is 4.62. The first-order chi connectivity index (χ1) is 10.2. The Morgan fingerprint density at radius 1 is 1.24 bits per heavy atom. The Balaban J connectivity index is 2.06. The van der Waals surface area contributed by atoms with Crippen molar-refractivity contribution in [1.82, 2.24) is 9.88 Å². The van der Waals surface area contributed by atoms with Gasteiger partial charge in [-0.3, -0.25) is 0 Å². The average molecular weight is 305 g/mol. The van der Waals surface area contributed by atoms with Gasteiger partial charge in [0, 0.05) is 30.2 Å². The van der Waals surface area contributed by atoms with Crippen molar-refractivity contribution in [2.45, 2.75) is 40.3 Å². The Morgan fingerprint density at radius 2 is 2.05 bits per heavy atom. The van der Waals surface area contributed by atoms with Crippen molar-refractivity contribution < 1.29 is 0 Å². The first kappa shape index (κ1) is 16.4. The minimum atomic E-state index is 0.699. The quantitative estimate of drug-likeness (QED) is 0.685. The van der Waals surface area contributed by atoms with Gasteiger partial charge in [0.25, 0.3) is 0 Å². The number of nitrogens with one attached hydrogen (secondary N) is 1. The fourth-order valence-electron chi connectivity index (χ4n) is 2.63. The van der Waals surface area contributed by atoms with Crippen LogP contribution in [0.5, 0.6) is 0 Å². The van der Waals surface area contributed by atoms with Crippen LogP contribution in [0.3, 0.4) is 0 Å². The van der Waals surface area contributed by atoms with Crippen LogP contribution in [-0.2, 0) is 13.1 Å². The van der Waals surface area contributed by atoms with Crippen molar-refractivity contribution in [3.8, 4) is 0 Å². The van der Waals surface area contributed by atoms with Gasteiger partial charge in [-0.15, -0.1) is 0 Å². The van der Waals surface area contributed by atoms with Crippen LogP contribution in [-0.4, -0.2) is 22.6 Å². The molecule has 3 heteroatoms. The third kappa shape index (κ3) is 4.79. The molecular formula is C18H28N2S. The highest BCUT2D eigenvalue weighted by molar-refractivity contribution is 7.99. The van der Waals surface area contributed by atoms with Crippen LogP contribution in [0.1, 0.15) is 32.8 Å². The predicted octanol–water partition coefficient (Wildman–Crippen LogP) is 4.53. The molecule has 0 unspecified atom stereocenters. The summed E-state index contributed by atoms with van der Waals surface area (Å²) in [7, 11) is 0. The zero-order chi connectivity index (χ0) is 15.1. The van der Waals surface area contributed by atoms with Crippen LogP contribution >= 0.6 is 11.8 Å². The van der Waals surface area contributed by atoms with Gasteiger partial charge in [-0.25, -0.2) is 0 Å². The number of benzene rings is 1. The first-order valence-corrected chi connectivity index (χ1v) is 9.23. The lowest BCUT2D eigenvalue weighted by Crippen LogP contribution is -2.18. The third-order valence-electron chi connectivity index (χ3n) is 3.63. The fraction of sp³-hybridized carbons (Fsp3) is 0.556.